The predicted octanol–water partition coefficient (Wildman–Crippen LogP) is 4.15. The molecule has 35 heavy (non-hydrogen) atoms. The summed E-state index contributed by atoms with van der Waals surface area (Å²) in [6.07, 6.45) is -1.81. The first-order valence-electron chi connectivity index (χ1n) is 10.6. The van der Waals surface area contributed by atoms with Crippen LogP contribution in [0.15, 0.2) is 83.0 Å². The minimum Gasteiger partial charge on any atom is -0.454 e. The highest BCUT2D eigenvalue weighted by Crippen LogP contribution is 2.41. The van der Waals surface area contributed by atoms with Gasteiger partial charge < -0.3 is 14.2 Å². The molecule has 11 nitrogen and oxygen atoms in total. The highest BCUT2D eigenvalue weighted by molar-refractivity contribution is 6.11. The summed E-state index contributed by atoms with van der Waals surface area (Å²) < 4.78 is 16.2. The topological polar surface area (TPSA) is 128 Å². The summed E-state index contributed by atoms with van der Waals surface area (Å²) in [5.41, 5.74) is 4.20. The Bertz CT molecular complexity index is 1340. The average molecular weight is 473 g/mol. The maximum atomic E-state index is 13.3. The maximum Gasteiger partial charge on any atom is 0.435 e. The third-order valence-corrected chi connectivity index (χ3v) is 5.37. The van der Waals surface area contributed by atoms with Crippen molar-refractivity contribution in [2.75, 3.05) is 6.79 Å². The van der Waals surface area contributed by atoms with Gasteiger partial charge in [-0.2, -0.15) is 5.01 Å². The Labute approximate surface area is 199 Å². The summed E-state index contributed by atoms with van der Waals surface area (Å²) in [4.78, 5) is 24.4. The van der Waals surface area contributed by atoms with Crippen molar-refractivity contribution >= 4 is 23.5 Å². The van der Waals surface area contributed by atoms with Crippen LogP contribution in [0.4, 0.5) is 10.5 Å². The van der Waals surface area contributed by atoms with Crippen LogP contribution in [0.5, 0.6) is 11.5 Å². The second-order valence-electron chi connectivity index (χ2n) is 7.60. The van der Waals surface area contributed by atoms with Gasteiger partial charge in [-0.15, -0.1) is 10.2 Å². The van der Waals surface area contributed by atoms with E-state index in [9.17, 15) is 14.9 Å². The number of carbonyl (C=O) groups excluding carboxylic acids is 1. The molecule has 1 atom stereocenters. The van der Waals surface area contributed by atoms with Crippen LogP contribution in [0, 0.1) is 10.1 Å². The van der Waals surface area contributed by atoms with Gasteiger partial charge in [-0.25, -0.2) is 4.79 Å². The van der Waals surface area contributed by atoms with E-state index in [1.807, 2.05) is 36.4 Å². The number of nitrogens with zero attached hydrogens (tertiary/aromatic N) is 4. The van der Waals surface area contributed by atoms with E-state index in [-0.39, 0.29) is 29.6 Å². The van der Waals surface area contributed by atoms with Crippen LogP contribution in [0.1, 0.15) is 29.7 Å². The van der Waals surface area contributed by atoms with Gasteiger partial charge in [0.1, 0.15) is 6.10 Å². The molecule has 0 saturated carbocycles. The fourth-order valence-corrected chi connectivity index (χ4v) is 3.65. The number of rotatable bonds is 5. The van der Waals surface area contributed by atoms with Crippen molar-refractivity contribution in [2.45, 2.75) is 13.0 Å². The fourth-order valence-electron chi connectivity index (χ4n) is 3.65. The van der Waals surface area contributed by atoms with Gasteiger partial charge in [0, 0.05) is 11.1 Å². The summed E-state index contributed by atoms with van der Waals surface area (Å²) in [5.74, 6) is 1.15. The van der Waals surface area contributed by atoms with Crippen LogP contribution in [-0.4, -0.2) is 34.5 Å². The molecule has 0 aromatic heterocycles. The standard InChI is InChI=1S/C24H19N5O6/c1-15(18-12-20-21(34-14-33-20)13-19(18)29(31)32)35-24(30)28-23(17-10-6-3-7-11-17)26-25-22(27-28)16-8-4-2-5-9-16/h2-13,15H,14H2,1H3,(H,25,27). The van der Waals surface area contributed by atoms with Gasteiger partial charge in [-0.05, 0) is 13.0 Å². The van der Waals surface area contributed by atoms with E-state index in [2.05, 4.69) is 15.6 Å². The quantitative estimate of drug-likeness (QED) is 0.435. The Kier molecular flexibility index (Phi) is 5.71. The molecule has 11 heteroatoms. The highest BCUT2D eigenvalue weighted by Gasteiger charge is 2.32. The molecular weight excluding hydrogens is 454 g/mol. The predicted molar refractivity (Wildman–Crippen MR) is 125 cm³/mol. The normalized spacial score (nSPS) is 14.9. The number of hydrogen-bond donors (Lipinski definition) is 1. The smallest absolute Gasteiger partial charge is 0.435 e. The zero-order chi connectivity index (χ0) is 24.4. The second kappa shape index (κ2) is 9.14. The van der Waals surface area contributed by atoms with Gasteiger partial charge in [-0.3, -0.25) is 15.5 Å². The minimum absolute atomic E-state index is 0.0414. The van der Waals surface area contributed by atoms with Crippen LogP contribution in [0.3, 0.4) is 0 Å². The van der Waals surface area contributed by atoms with Crippen molar-refractivity contribution in [1.82, 2.24) is 10.4 Å². The van der Waals surface area contributed by atoms with E-state index in [1.54, 1.807) is 24.3 Å². The number of benzene rings is 3. The third kappa shape index (κ3) is 4.34. The Morgan fingerprint density at radius 1 is 1.03 bits per heavy atom. The zero-order valence-electron chi connectivity index (χ0n) is 18.5. The Hall–Kier alpha value is -4.93. The number of hydrogen-bond acceptors (Lipinski definition) is 9. The summed E-state index contributed by atoms with van der Waals surface area (Å²) >= 11 is 0. The van der Waals surface area contributed by atoms with Crippen LogP contribution < -0.4 is 14.9 Å². The molecule has 0 bridgehead atoms. The van der Waals surface area contributed by atoms with E-state index in [0.29, 0.717) is 22.7 Å². The summed E-state index contributed by atoms with van der Waals surface area (Å²) in [5, 5.41) is 21.3. The van der Waals surface area contributed by atoms with Crippen LogP contribution in [-0.2, 0) is 4.74 Å². The molecular formula is C24H19N5O6. The summed E-state index contributed by atoms with van der Waals surface area (Å²) in [6, 6.07) is 20.9. The van der Waals surface area contributed by atoms with Gasteiger partial charge in [-0.1, -0.05) is 60.7 Å². The number of nitro benzene ring substituents is 1. The molecule has 176 valence electrons. The first-order chi connectivity index (χ1) is 17.0. The summed E-state index contributed by atoms with van der Waals surface area (Å²) in [7, 11) is 0. The van der Waals surface area contributed by atoms with E-state index in [1.165, 1.54) is 19.1 Å². The number of amidine groups is 2. The molecule has 0 spiro atoms. The average Bonchev–Trinajstić information content (AvgIpc) is 3.36. The lowest BCUT2D eigenvalue weighted by molar-refractivity contribution is -0.386. The maximum absolute atomic E-state index is 13.3. The highest BCUT2D eigenvalue weighted by atomic mass is 16.7. The minimum atomic E-state index is -0.990. The van der Waals surface area contributed by atoms with E-state index < -0.39 is 17.1 Å². The molecule has 3 aromatic rings. The molecule has 0 saturated heterocycles. The van der Waals surface area contributed by atoms with Crippen molar-refractivity contribution in [3.05, 3.63) is 99.6 Å². The number of fused-ring (bicyclic) bond motifs is 1. The van der Waals surface area contributed by atoms with E-state index in [4.69, 9.17) is 14.2 Å². The van der Waals surface area contributed by atoms with Crippen molar-refractivity contribution in [2.24, 2.45) is 10.2 Å². The number of nitrogens with one attached hydrogen (secondary N) is 1. The van der Waals surface area contributed by atoms with Crippen LogP contribution in [0.2, 0.25) is 0 Å². The molecule has 0 radical (unpaired) electrons. The van der Waals surface area contributed by atoms with Crippen LogP contribution in [0.25, 0.3) is 0 Å². The lowest BCUT2D eigenvalue weighted by Gasteiger charge is -2.28. The second-order valence-corrected chi connectivity index (χ2v) is 7.60. The number of carbonyl (C=O) groups is 1. The van der Waals surface area contributed by atoms with Crippen LogP contribution >= 0.6 is 0 Å². The fraction of sp³-hybridized carbons (Fsp3) is 0.125. The molecule has 0 aliphatic carbocycles. The van der Waals surface area contributed by atoms with E-state index >= 15 is 0 Å². The monoisotopic (exact) mass is 473 g/mol. The van der Waals surface area contributed by atoms with Gasteiger partial charge in [0.2, 0.25) is 6.79 Å². The molecule has 2 aliphatic heterocycles. The largest absolute Gasteiger partial charge is 0.454 e. The Morgan fingerprint density at radius 3 is 2.31 bits per heavy atom. The summed E-state index contributed by atoms with van der Waals surface area (Å²) in [6.45, 7) is 1.50. The molecule has 1 amide bonds. The molecule has 1 N–H and O–H groups in total. The number of ether oxygens (including phenoxy) is 3. The number of amides is 1. The first kappa shape index (κ1) is 21.9. The Morgan fingerprint density at radius 2 is 1.66 bits per heavy atom. The molecule has 0 fully saturated rings. The lowest BCUT2D eigenvalue weighted by atomic mass is 10.1. The van der Waals surface area contributed by atoms with E-state index in [0.717, 1.165) is 5.01 Å². The van der Waals surface area contributed by atoms with Crippen molar-refractivity contribution < 1.29 is 23.9 Å². The number of nitro groups is 1. The molecule has 3 aromatic carbocycles. The van der Waals surface area contributed by atoms with Crippen molar-refractivity contribution in [1.29, 1.82) is 0 Å². The first-order valence-corrected chi connectivity index (χ1v) is 10.6. The number of hydrazine groups is 1. The van der Waals surface area contributed by atoms with Gasteiger partial charge >= 0.3 is 6.09 Å². The van der Waals surface area contributed by atoms with Crippen molar-refractivity contribution in [3.8, 4) is 11.5 Å². The SMILES string of the molecule is CC(OC(=O)N1NC(c2ccccc2)=NN=C1c1ccccc1)c1cc2c(cc1[N+](=O)[O-])OCO2. The van der Waals surface area contributed by atoms with Gasteiger partial charge in [0.15, 0.2) is 23.2 Å². The Balaban J connectivity index is 1.45. The van der Waals surface area contributed by atoms with Gasteiger partial charge in [0.25, 0.3) is 5.69 Å². The molecule has 2 heterocycles. The molecule has 1 unspecified atom stereocenters. The van der Waals surface area contributed by atoms with Crippen molar-refractivity contribution in [3.63, 3.8) is 0 Å². The molecule has 5 rings (SSSR count). The third-order valence-electron chi connectivity index (χ3n) is 5.37. The molecule has 2 aliphatic rings. The van der Waals surface area contributed by atoms with Gasteiger partial charge in [0.05, 0.1) is 16.6 Å². The zero-order valence-corrected chi connectivity index (χ0v) is 18.5. The lowest BCUT2D eigenvalue weighted by Crippen LogP contribution is -2.52.